The summed E-state index contributed by atoms with van der Waals surface area (Å²) in [6.45, 7) is 3.80. The minimum absolute atomic E-state index is 0.0699. The zero-order valence-electron chi connectivity index (χ0n) is 25.6. The van der Waals surface area contributed by atoms with Gasteiger partial charge in [0.25, 0.3) is 0 Å². The minimum atomic E-state index is -0.676. The zero-order chi connectivity index (χ0) is 32.9. The van der Waals surface area contributed by atoms with Crippen LogP contribution in [0.4, 0.5) is 0 Å². The topological polar surface area (TPSA) is 141 Å². The largest absolute Gasteiger partial charge is 0.493 e. The van der Waals surface area contributed by atoms with Gasteiger partial charge in [-0.05, 0) is 47.3 Å². The molecule has 0 fully saturated rings. The Morgan fingerprint density at radius 1 is 0.630 bits per heavy atom. The molecule has 234 valence electrons. The molecular weight excluding hydrogens is 598 g/mol. The van der Waals surface area contributed by atoms with Gasteiger partial charge in [-0.15, -0.1) is 0 Å². The van der Waals surface area contributed by atoms with Gasteiger partial charge in [-0.3, -0.25) is 14.4 Å². The van der Waals surface area contributed by atoms with Crippen molar-refractivity contribution in [3.8, 4) is 45.6 Å². The maximum Gasteiger partial charge on any atom is 0.361 e. The first kappa shape index (κ1) is 30.0. The lowest BCUT2D eigenvalue weighted by atomic mass is 9.98. The number of hydrogen-bond donors (Lipinski definition) is 0. The van der Waals surface area contributed by atoms with Crippen molar-refractivity contribution in [3.05, 3.63) is 65.1 Å². The van der Waals surface area contributed by atoms with Crippen molar-refractivity contribution in [3.63, 3.8) is 0 Å². The van der Waals surface area contributed by atoms with Crippen LogP contribution in [-0.4, -0.2) is 43.6 Å². The zero-order valence-corrected chi connectivity index (χ0v) is 25.6. The van der Waals surface area contributed by atoms with E-state index in [9.17, 15) is 19.2 Å². The Labute approximate surface area is 260 Å². The predicted molar refractivity (Wildman–Crippen MR) is 167 cm³/mol. The first-order valence-electron chi connectivity index (χ1n) is 13.9. The van der Waals surface area contributed by atoms with Gasteiger partial charge in [0.05, 0.1) is 26.8 Å². The second-order valence-corrected chi connectivity index (χ2v) is 10.3. The van der Waals surface area contributed by atoms with Gasteiger partial charge >= 0.3 is 23.5 Å². The van der Waals surface area contributed by atoms with Gasteiger partial charge in [0.15, 0.2) is 34.5 Å². The molecule has 0 amide bonds. The molecule has 46 heavy (non-hydrogen) atoms. The van der Waals surface area contributed by atoms with E-state index < -0.39 is 23.5 Å². The van der Waals surface area contributed by atoms with Crippen LogP contribution in [0.25, 0.3) is 49.3 Å². The summed E-state index contributed by atoms with van der Waals surface area (Å²) in [4.78, 5) is 49.6. The standard InChI is InChI=1S/C34H27NO11/c1-16(36)43-27-12-20(7-8-23(27)40-4)30-31-22-14-26(42-6)29(45-18(3)38)15-24(22)46-34(39)33(31)35-10-9-19-11-25(41-5)28(44-17(2)37)13-21(19)32(30)35/h7-15H,1-6H3. The van der Waals surface area contributed by atoms with Gasteiger partial charge in [-0.2, -0.15) is 0 Å². The van der Waals surface area contributed by atoms with E-state index in [0.29, 0.717) is 49.7 Å². The van der Waals surface area contributed by atoms with E-state index in [-0.39, 0.29) is 34.1 Å². The van der Waals surface area contributed by atoms with Crippen LogP contribution >= 0.6 is 0 Å². The van der Waals surface area contributed by atoms with Crippen molar-refractivity contribution in [1.29, 1.82) is 0 Å². The average Bonchev–Trinajstić information content (AvgIpc) is 3.36. The van der Waals surface area contributed by atoms with Gasteiger partial charge < -0.3 is 37.2 Å². The number of carbonyl (C=O) groups is 3. The van der Waals surface area contributed by atoms with Gasteiger partial charge in [0.1, 0.15) is 11.1 Å². The van der Waals surface area contributed by atoms with Crippen LogP contribution in [0, 0.1) is 0 Å². The van der Waals surface area contributed by atoms with E-state index in [2.05, 4.69) is 0 Å². The molecule has 0 bridgehead atoms. The number of hydrogen-bond acceptors (Lipinski definition) is 11. The number of pyridine rings is 1. The predicted octanol–water partition coefficient (Wildman–Crippen LogP) is 5.82. The lowest BCUT2D eigenvalue weighted by molar-refractivity contribution is -0.132. The van der Waals surface area contributed by atoms with Gasteiger partial charge in [-0.1, -0.05) is 6.07 Å². The van der Waals surface area contributed by atoms with Crippen molar-refractivity contribution in [2.45, 2.75) is 20.8 Å². The van der Waals surface area contributed by atoms with E-state index in [1.54, 1.807) is 53.1 Å². The van der Waals surface area contributed by atoms with E-state index >= 15 is 0 Å². The molecule has 6 aromatic rings. The third kappa shape index (κ3) is 4.99. The molecule has 12 nitrogen and oxygen atoms in total. The molecule has 0 aliphatic heterocycles. The molecule has 3 heterocycles. The molecule has 0 spiro atoms. The average molecular weight is 626 g/mol. The third-order valence-electron chi connectivity index (χ3n) is 7.34. The lowest BCUT2D eigenvalue weighted by Crippen LogP contribution is -2.05. The van der Waals surface area contributed by atoms with E-state index in [0.717, 1.165) is 0 Å². The van der Waals surface area contributed by atoms with Gasteiger partial charge in [-0.25, -0.2) is 4.79 Å². The van der Waals surface area contributed by atoms with Crippen LogP contribution in [0.1, 0.15) is 20.8 Å². The van der Waals surface area contributed by atoms with E-state index in [4.69, 9.17) is 32.8 Å². The summed E-state index contributed by atoms with van der Waals surface area (Å²) in [7, 11) is 4.34. The third-order valence-corrected chi connectivity index (χ3v) is 7.34. The van der Waals surface area contributed by atoms with Crippen LogP contribution in [0.15, 0.2) is 63.9 Å². The smallest absolute Gasteiger partial charge is 0.361 e. The molecule has 0 unspecified atom stereocenters. The van der Waals surface area contributed by atoms with E-state index in [1.807, 2.05) is 0 Å². The van der Waals surface area contributed by atoms with Crippen LogP contribution in [-0.2, 0) is 14.4 Å². The van der Waals surface area contributed by atoms with Crippen LogP contribution in [0.3, 0.4) is 0 Å². The Bertz CT molecular complexity index is 2310. The van der Waals surface area contributed by atoms with Gasteiger partial charge in [0, 0.05) is 54.8 Å². The Hall–Kier alpha value is -6.04. The normalized spacial score (nSPS) is 11.2. The lowest BCUT2D eigenvalue weighted by Gasteiger charge is -2.13. The summed E-state index contributed by atoms with van der Waals surface area (Å²) in [6.07, 6.45) is 1.72. The fraction of sp³-hybridized carbons (Fsp3) is 0.176. The Morgan fingerprint density at radius 3 is 1.80 bits per heavy atom. The first-order chi connectivity index (χ1) is 22.0. The minimum Gasteiger partial charge on any atom is -0.493 e. The fourth-order valence-corrected chi connectivity index (χ4v) is 5.64. The Morgan fingerprint density at radius 2 is 1.20 bits per heavy atom. The maximum absolute atomic E-state index is 13.8. The van der Waals surface area contributed by atoms with Gasteiger partial charge in [0.2, 0.25) is 0 Å². The number of esters is 3. The van der Waals surface area contributed by atoms with Crippen molar-refractivity contribution in [2.75, 3.05) is 21.3 Å². The maximum atomic E-state index is 13.8. The highest BCUT2D eigenvalue weighted by Crippen LogP contribution is 2.46. The number of methoxy groups -OCH3 is 3. The fourth-order valence-electron chi connectivity index (χ4n) is 5.64. The monoisotopic (exact) mass is 625 g/mol. The summed E-state index contributed by atoms with van der Waals surface area (Å²) in [5.74, 6) is -0.418. The molecule has 3 aromatic carbocycles. The van der Waals surface area contributed by atoms with Crippen molar-refractivity contribution in [2.24, 2.45) is 0 Å². The Kier molecular flexibility index (Phi) is 7.48. The summed E-state index contributed by atoms with van der Waals surface area (Å²) in [5.41, 5.74) is 1.30. The SMILES string of the molecule is COc1ccc(-c2c3c4cc(OC)c(OC(C)=O)cc4oc(=O)c3n3ccc4cc(OC)c(OC(C)=O)cc4c23)cc1OC(C)=O. The van der Waals surface area contributed by atoms with Crippen molar-refractivity contribution < 1.29 is 47.2 Å². The van der Waals surface area contributed by atoms with Crippen LogP contribution in [0.5, 0.6) is 34.5 Å². The van der Waals surface area contributed by atoms with Crippen LogP contribution < -0.4 is 34.0 Å². The summed E-state index contributed by atoms with van der Waals surface area (Å²) >= 11 is 0. The molecule has 3 aromatic heterocycles. The highest BCUT2D eigenvalue weighted by atomic mass is 16.6. The van der Waals surface area contributed by atoms with E-state index in [1.165, 1.54) is 48.2 Å². The summed E-state index contributed by atoms with van der Waals surface area (Å²) in [6, 6.07) is 13.3. The molecule has 0 saturated heterocycles. The number of nitrogens with zero attached hydrogens (tertiary/aromatic N) is 1. The number of ether oxygens (including phenoxy) is 6. The van der Waals surface area contributed by atoms with Crippen molar-refractivity contribution >= 4 is 56.1 Å². The molecule has 0 radical (unpaired) electrons. The number of fused-ring (bicyclic) bond motifs is 7. The highest BCUT2D eigenvalue weighted by molar-refractivity contribution is 6.22. The second kappa shape index (κ2) is 11.5. The second-order valence-electron chi connectivity index (χ2n) is 10.3. The summed E-state index contributed by atoms with van der Waals surface area (Å²) < 4.78 is 40.3. The molecule has 0 atom stereocenters. The quantitative estimate of drug-likeness (QED) is 0.120. The molecule has 0 aliphatic rings. The molecular formula is C34H27NO11. The van der Waals surface area contributed by atoms with Crippen molar-refractivity contribution in [1.82, 2.24) is 4.40 Å². The number of carbonyl (C=O) groups excluding carboxylic acids is 3. The number of rotatable bonds is 7. The van der Waals surface area contributed by atoms with Crippen LogP contribution in [0.2, 0.25) is 0 Å². The Balaban J connectivity index is 1.85. The molecule has 6 rings (SSSR count). The molecule has 0 N–H and O–H groups in total. The molecule has 0 aliphatic carbocycles. The highest BCUT2D eigenvalue weighted by Gasteiger charge is 2.26. The molecule has 0 saturated carbocycles. The number of benzene rings is 3. The first-order valence-corrected chi connectivity index (χ1v) is 13.9. The molecule has 12 heteroatoms. The number of aromatic nitrogens is 1. The summed E-state index contributed by atoms with van der Waals surface area (Å²) in [5, 5.41) is 2.25.